The molecule has 0 bridgehead atoms. The minimum absolute atomic E-state index is 0.550. The zero-order valence-electron chi connectivity index (χ0n) is 12.8. The van der Waals surface area contributed by atoms with E-state index in [9.17, 15) is 0 Å². The second-order valence-electron chi connectivity index (χ2n) is 5.35. The van der Waals surface area contributed by atoms with Crippen molar-refractivity contribution in [2.24, 2.45) is 11.7 Å². The van der Waals surface area contributed by atoms with E-state index in [-0.39, 0.29) is 0 Å². The van der Waals surface area contributed by atoms with Crippen LogP contribution in [0.4, 0.5) is 0 Å². The molecule has 0 amide bonds. The van der Waals surface area contributed by atoms with E-state index in [1.807, 2.05) is 0 Å². The number of nitrogens with two attached hydrogens (primary N) is 1. The lowest BCUT2D eigenvalue weighted by Gasteiger charge is -2.21. The number of methoxy groups -OCH3 is 1. The van der Waals surface area contributed by atoms with E-state index in [1.54, 1.807) is 7.11 Å². The molecule has 0 saturated heterocycles. The van der Waals surface area contributed by atoms with Gasteiger partial charge >= 0.3 is 0 Å². The smallest absolute Gasteiger partial charge is 0.122 e. The molecule has 19 heavy (non-hydrogen) atoms. The number of hydrogen-bond acceptors (Lipinski definition) is 3. The van der Waals surface area contributed by atoms with E-state index in [0.717, 1.165) is 38.2 Å². The van der Waals surface area contributed by atoms with Crippen LogP contribution in [-0.4, -0.2) is 38.7 Å². The Morgan fingerprint density at radius 1 is 1.37 bits per heavy atom. The molecule has 1 aromatic rings. The van der Waals surface area contributed by atoms with Crippen molar-refractivity contribution in [1.29, 1.82) is 0 Å². The predicted octanol–water partition coefficient (Wildman–Crippen LogP) is 2.33. The summed E-state index contributed by atoms with van der Waals surface area (Å²) in [6.45, 7) is 7.20. The van der Waals surface area contributed by atoms with Crippen molar-refractivity contribution in [3.05, 3.63) is 29.3 Å². The molecule has 1 aromatic carbocycles. The first-order valence-electron chi connectivity index (χ1n) is 7.15. The highest BCUT2D eigenvalue weighted by Crippen LogP contribution is 2.21. The molecule has 1 atom stereocenters. The normalized spacial score (nSPS) is 12.7. The average molecular weight is 264 g/mol. The van der Waals surface area contributed by atoms with Crippen molar-refractivity contribution < 1.29 is 4.74 Å². The Morgan fingerprint density at radius 3 is 2.68 bits per heavy atom. The largest absolute Gasteiger partial charge is 0.496 e. The molecule has 0 aliphatic carbocycles. The third kappa shape index (κ3) is 5.21. The van der Waals surface area contributed by atoms with Gasteiger partial charge in [-0.25, -0.2) is 0 Å². The van der Waals surface area contributed by atoms with E-state index >= 15 is 0 Å². The van der Waals surface area contributed by atoms with Gasteiger partial charge in [-0.05, 0) is 49.5 Å². The summed E-state index contributed by atoms with van der Waals surface area (Å²) in [4.78, 5) is 2.34. The van der Waals surface area contributed by atoms with Crippen molar-refractivity contribution in [3.63, 3.8) is 0 Å². The topological polar surface area (TPSA) is 38.5 Å². The van der Waals surface area contributed by atoms with Crippen LogP contribution in [0.1, 0.15) is 25.0 Å². The van der Waals surface area contributed by atoms with Gasteiger partial charge in [0, 0.05) is 13.1 Å². The number of nitrogens with zero attached hydrogens (tertiary/aromatic N) is 1. The summed E-state index contributed by atoms with van der Waals surface area (Å²) in [5.41, 5.74) is 8.33. The van der Waals surface area contributed by atoms with E-state index in [0.29, 0.717) is 5.92 Å². The van der Waals surface area contributed by atoms with Crippen LogP contribution < -0.4 is 10.5 Å². The zero-order chi connectivity index (χ0) is 14.3. The van der Waals surface area contributed by atoms with Crippen LogP contribution in [0.5, 0.6) is 5.75 Å². The maximum absolute atomic E-state index is 5.66. The summed E-state index contributed by atoms with van der Waals surface area (Å²) >= 11 is 0. The second kappa shape index (κ2) is 8.18. The molecule has 3 nitrogen and oxygen atoms in total. The van der Waals surface area contributed by atoms with Crippen molar-refractivity contribution in [1.82, 2.24) is 4.90 Å². The number of likely N-dealkylation sites (N-methyl/N-ethyl adjacent to an activating group) is 1. The van der Waals surface area contributed by atoms with Crippen LogP contribution in [0, 0.1) is 5.92 Å². The van der Waals surface area contributed by atoms with Crippen molar-refractivity contribution in [2.45, 2.75) is 26.7 Å². The third-order valence-corrected chi connectivity index (χ3v) is 3.54. The van der Waals surface area contributed by atoms with E-state index in [4.69, 9.17) is 10.5 Å². The molecule has 0 aliphatic heterocycles. The standard InChI is InChI=1S/C16H28N2O/c1-5-14-6-7-16(19-4)15(10-14)8-9-18(3)12-13(2)11-17/h6-7,10,13H,5,8-9,11-12,17H2,1-4H3. The zero-order valence-corrected chi connectivity index (χ0v) is 12.8. The van der Waals surface area contributed by atoms with Gasteiger partial charge in [0.2, 0.25) is 0 Å². The molecule has 0 heterocycles. The van der Waals surface area contributed by atoms with Crippen LogP contribution in [0.3, 0.4) is 0 Å². The van der Waals surface area contributed by atoms with Gasteiger partial charge < -0.3 is 15.4 Å². The number of aryl methyl sites for hydroxylation is 1. The summed E-state index contributed by atoms with van der Waals surface area (Å²) in [5.74, 6) is 1.55. The van der Waals surface area contributed by atoms with Crippen LogP contribution >= 0.6 is 0 Å². The summed E-state index contributed by atoms with van der Waals surface area (Å²) in [7, 11) is 3.90. The minimum atomic E-state index is 0.550. The quantitative estimate of drug-likeness (QED) is 0.783. The molecule has 3 heteroatoms. The van der Waals surface area contributed by atoms with Crippen molar-refractivity contribution in [2.75, 3.05) is 33.8 Å². The van der Waals surface area contributed by atoms with Crippen LogP contribution in [0.15, 0.2) is 18.2 Å². The molecule has 1 unspecified atom stereocenters. The van der Waals surface area contributed by atoms with Crippen molar-refractivity contribution in [3.8, 4) is 5.75 Å². The minimum Gasteiger partial charge on any atom is -0.496 e. The van der Waals surface area contributed by atoms with Gasteiger partial charge in [-0.15, -0.1) is 0 Å². The summed E-state index contributed by atoms with van der Waals surface area (Å²) in [5, 5.41) is 0. The molecule has 0 aromatic heterocycles. The Morgan fingerprint density at radius 2 is 2.11 bits per heavy atom. The van der Waals surface area contributed by atoms with Gasteiger partial charge in [0.05, 0.1) is 7.11 Å². The SMILES string of the molecule is CCc1ccc(OC)c(CCN(C)CC(C)CN)c1. The number of benzene rings is 1. The molecule has 0 saturated carbocycles. The van der Waals surface area contributed by atoms with Gasteiger partial charge in [-0.1, -0.05) is 26.0 Å². The van der Waals surface area contributed by atoms with Crippen molar-refractivity contribution >= 4 is 0 Å². The van der Waals surface area contributed by atoms with Gasteiger partial charge in [-0.3, -0.25) is 0 Å². The van der Waals surface area contributed by atoms with E-state index in [1.165, 1.54) is 11.1 Å². The van der Waals surface area contributed by atoms with Gasteiger partial charge in [0.1, 0.15) is 5.75 Å². The van der Waals surface area contributed by atoms with Crippen LogP contribution in [-0.2, 0) is 12.8 Å². The fraction of sp³-hybridized carbons (Fsp3) is 0.625. The molecule has 2 N–H and O–H groups in total. The monoisotopic (exact) mass is 264 g/mol. The first-order chi connectivity index (χ1) is 9.10. The lowest BCUT2D eigenvalue weighted by molar-refractivity contribution is 0.291. The number of ether oxygens (including phenoxy) is 1. The number of rotatable bonds is 8. The first-order valence-corrected chi connectivity index (χ1v) is 7.15. The van der Waals surface area contributed by atoms with Gasteiger partial charge in [-0.2, -0.15) is 0 Å². The fourth-order valence-corrected chi connectivity index (χ4v) is 2.26. The Labute approximate surface area is 117 Å². The van der Waals surface area contributed by atoms with Crippen LogP contribution in [0.2, 0.25) is 0 Å². The van der Waals surface area contributed by atoms with E-state index < -0.39 is 0 Å². The molecule has 0 fully saturated rings. The van der Waals surface area contributed by atoms with E-state index in [2.05, 4.69) is 44.0 Å². The molecular formula is C16H28N2O. The Kier molecular flexibility index (Phi) is 6.89. The second-order valence-corrected chi connectivity index (χ2v) is 5.35. The lowest BCUT2D eigenvalue weighted by Crippen LogP contribution is -2.30. The molecular weight excluding hydrogens is 236 g/mol. The summed E-state index contributed by atoms with van der Waals surface area (Å²) in [6, 6.07) is 6.48. The molecule has 0 aliphatic rings. The number of hydrogen-bond donors (Lipinski definition) is 1. The molecule has 1 rings (SSSR count). The van der Waals surface area contributed by atoms with Crippen LogP contribution in [0.25, 0.3) is 0 Å². The Hall–Kier alpha value is -1.06. The highest BCUT2D eigenvalue weighted by atomic mass is 16.5. The van der Waals surface area contributed by atoms with Gasteiger partial charge in [0.15, 0.2) is 0 Å². The highest BCUT2D eigenvalue weighted by Gasteiger charge is 2.08. The summed E-state index contributed by atoms with van der Waals surface area (Å²) in [6.07, 6.45) is 2.09. The Bertz CT molecular complexity index is 379. The fourth-order valence-electron chi connectivity index (χ4n) is 2.26. The molecule has 108 valence electrons. The lowest BCUT2D eigenvalue weighted by atomic mass is 10.0. The highest BCUT2D eigenvalue weighted by molar-refractivity contribution is 5.37. The van der Waals surface area contributed by atoms with Gasteiger partial charge in [0.25, 0.3) is 0 Å². The maximum atomic E-state index is 5.66. The third-order valence-electron chi connectivity index (χ3n) is 3.54. The molecule has 0 spiro atoms. The Balaban J connectivity index is 2.60. The molecule has 0 radical (unpaired) electrons. The first kappa shape index (κ1) is 16.0. The maximum Gasteiger partial charge on any atom is 0.122 e. The summed E-state index contributed by atoms with van der Waals surface area (Å²) < 4.78 is 5.44. The average Bonchev–Trinajstić information content (AvgIpc) is 2.44. The predicted molar refractivity (Wildman–Crippen MR) is 81.8 cm³/mol.